The molecule has 108 valence electrons. The van der Waals surface area contributed by atoms with Crippen molar-refractivity contribution >= 4 is 33.7 Å². The summed E-state index contributed by atoms with van der Waals surface area (Å²) in [6.45, 7) is 1.55. The molecule has 0 aliphatic heterocycles. The Morgan fingerprint density at radius 2 is 2.15 bits per heavy atom. The fraction of sp³-hybridized carbons (Fsp3) is 0.333. The smallest absolute Gasteiger partial charge is 0.446 e. The van der Waals surface area contributed by atoms with E-state index >= 15 is 0 Å². The highest BCUT2D eigenvalue weighted by Gasteiger charge is 2.33. The van der Waals surface area contributed by atoms with E-state index in [9.17, 15) is 18.0 Å². The van der Waals surface area contributed by atoms with Gasteiger partial charge in [-0.2, -0.15) is 18.4 Å². The van der Waals surface area contributed by atoms with Crippen molar-refractivity contribution < 1.29 is 22.7 Å². The van der Waals surface area contributed by atoms with Crippen LogP contribution in [0.25, 0.3) is 0 Å². The van der Waals surface area contributed by atoms with Crippen LogP contribution in [0, 0.1) is 11.3 Å². The first-order valence-electron chi connectivity index (χ1n) is 5.38. The van der Waals surface area contributed by atoms with E-state index in [1.54, 1.807) is 6.07 Å². The summed E-state index contributed by atoms with van der Waals surface area (Å²) in [5.74, 6) is -0.933. The van der Waals surface area contributed by atoms with Crippen LogP contribution in [0.4, 0.5) is 13.2 Å². The molecule has 3 nitrogen and oxygen atoms in total. The average Bonchev–Trinajstić information content (AvgIpc) is 2.35. The molecule has 0 saturated heterocycles. The number of nitriles is 1. The molecule has 0 aromatic heterocycles. The van der Waals surface area contributed by atoms with Crippen molar-refractivity contribution in [1.29, 1.82) is 5.26 Å². The van der Waals surface area contributed by atoms with E-state index in [1.807, 2.05) is 0 Å². The Kier molecular flexibility index (Phi) is 5.89. The molecule has 0 aliphatic rings. The first-order valence-corrected chi connectivity index (χ1v) is 7.32. The van der Waals surface area contributed by atoms with Crippen LogP contribution in [0.3, 0.4) is 0 Å². The molecule has 1 rings (SSSR count). The van der Waals surface area contributed by atoms with Crippen LogP contribution in [-0.2, 0) is 10.1 Å². The van der Waals surface area contributed by atoms with Gasteiger partial charge in [0.05, 0.1) is 17.7 Å². The highest BCUT2D eigenvalue weighted by atomic mass is 79.9. The van der Waals surface area contributed by atoms with Crippen molar-refractivity contribution in [2.45, 2.75) is 22.7 Å². The first-order chi connectivity index (χ1) is 9.32. The standard InChI is InChI=1S/C12H9BrF3NO2S/c1-2-19-11(18)10-8(6-17)3-7(5-13)4-9(10)20-12(14,15)16/h3-4H,2,5H2,1H3. The molecular weight excluding hydrogens is 359 g/mol. The Morgan fingerprint density at radius 1 is 1.50 bits per heavy atom. The molecule has 20 heavy (non-hydrogen) atoms. The highest BCUT2D eigenvalue weighted by molar-refractivity contribution is 9.08. The van der Waals surface area contributed by atoms with Crippen molar-refractivity contribution in [3.63, 3.8) is 0 Å². The van der Waals surface area contributed by atoms with Crippen molar-refractivity contribution in [3.8, 4) is 6.07 Å². The number of benzene rings is 1. The van der Waals surface area contributed by atoms with Gasteiger partial charge in [0.1, 0.15) is 6.07 Å². The number of nitrogens with zero attached hydrogens (tertiary/aromatic N) is 1. The molecule has 8 heteroatoms. The number of halogens is 4. The van der Waals surface area contributed by atoms with Gasteiger partial charge in [0.25, 0.3) is 0 Å². The Labute approximate surface area is 126 Å². The quantitative estimate of drug-likeness (QED) is 0.453. The van der Waals surface area contributed by atoms with E-state index in [1.165, 1.54) is 19.1 Å². The third kappa shape index (κ3) is 4.42. The molecule has 0 atom stereocenters. The van der Waals surface area contributed by atoms with E-state index in [0.717, 1.165) is 0 Å². The molecule has 0 heterocycles. The van der Waals surface area contributed by atoms with Gasteiger partial charge >= 0.3 is 11.5 Å². The van der Waals surface area contributed by atoms with E-state index in [-0.39, 0.29) is 28.0 Å². The number of rotatable bonds is 4. The highest BCUT2D eigenvalue weighted by Crippen LogP contribution is 2.40. The summed E-state index contributed by atoms with van der Waals surface area (Å²) >= 11 is 2.68. The molecule has 0 unspecified atom stereocenters. The number of hydrogen-bond donors (Lipinski definition) is 0. The van der Waals surface area contributed by atoms with Crippen molar-refractivity contribution in [1.82, 2.24) is 0 Å². The van der Waals surface area contributed by atoms with Crippen molar-refractivity contribution in [2.24, 2.45) is 0 Å². The lowest BCUT2D eigenvalue weighted by Gasteiger charge is -2.13. The van der Waals surface area contributed by atoms with Crippen LogP contribution in [0.2, 0.25) is 0 Å². The summed E-state index contributed by atoms with van der Waals surface area (Å²) in [5, 5.41) is 9.29. The zero-order chi connectivity index (χ0) is 15.3. The van der Waals surface area contributed by atoms with Crippen LogP contribution < -0.4 is 0 Å². The third-order valence-electron chi connectivity index (χ3n) is 2.14. The molecule has 1 aromatic carbocycles. The Bertz CT molecular complexity index is 555. The lowest BCUT2D eigenvalue weighted by molar-refractivity contribution is -0.0328. The van der Waals surface area contributed by atoms with Gasteiger partial charge in [0.2, 0.25) is 0 Å². The second kappa shape index (κ2) is 6.99. The number of hydrogen-bond acceptors (Lipinski definition) is 4. The predicted molar refractivity (Wildman–Crippen MR) is 71.7 cm³/mol. The third-order valence-corrected chi connectivity index (χ3v) is 3.56. The van der Waals surface area contributed by atoms with Crippen LogP contribution in [0.1, 0.15) is 28.4 Å². The topological polar surface area (TPSA) is 50.1 Å². The Hall–Kier alpha value is -1.20. The molecule has 0 radical (unpaired) electrons. The maximum absolute atomic E-state index is 12.6. The Balaban J connectivity index is 3.43. The first kappa shape index (κ1) is 16.9. The molecule has 0 saturated carbocycles. The lowest BCUT2D eigenvalue weighted by atomic mass is 10.1. The SMILES string of the molecule is CCOC(=O)c1c(C#N)cc(CBr)cc1SC(F)(F)F. The van der Waals surface area contributed by atoms with Crippen LogP contribution in [0.5, 0.6) is 0 Å². The molecule has 0 spiro atoms. The molecule has 0 fully saturated rings. The summed E-state index contributed by atoms with van der Waals surface area (Å²) < 4.78 is 42.4. The van der Waals surface area contributed by atoms with Gasteiger partial charge in [0.15, 0.2) is 0 Å². The van der Waals surface area contributed by atoms with Gasteiger partial charge in [-0.15, -0.1) is 0 Å². The maximum atomic E-state index is 12.6. The second-order valence-electron chi connectivity index (χ2n) is 3.53. The van der Waals surface area contributed by atoms with Gasteiger partial charge in [-0.3, -0.25) is 0 Å². The van der Waals surface area contributed by atoms with Gasteiger partial charge in [0, 0.05) is 10.2 Å². The molecule has 0 amide bonds. The maximum Gasteiger partial charge on any atom is 0.446 e. The molecule has 1 aromatic rings. The number of carbonyl (C=O) groups excluding carboxylic acids is 1. The minimum Gasteiger partial charge on any atom is -0.462 e. The summed E-state index contributed by atoms with van der Waals surface area (Å²) in [6.07, 6.45) is 0. The summed E-state index contributed by atoms with van der Waals surface area (Å²) in [6, 6.07) is 4.32. The van der Waals surface area contributed by atoms with Crippen LogP contribution in [0.15, 0.2) is 17.0 Å². The predicted octanol–water partition coefficient (Wildman–Crippen LogP) is 4.24. The molecule has 0 N–H and O–H groups in total. The second-order valence-corrected chi connectivity index (χ2v) is 5.20. The number of carbonyl (C=O) groups is 1. The normalized spacial score (nSPS) is 11.0. The number of esters is 1. The fourth-order valence-corrected chi connectivity index (χ4v) is 2.54. The van der Waals surface area contributed by atoms with Gasteiger partial charge in [-0.1, -0.05) is 15.9 Å². The number of ether oxygens (including phenoxy) is 1. The Morgan fingerprint density at radius 3 is 2.60 bits per heavy atom. The van der Waals surface area contributed by atoms with Crippen molar-refractivity contribution in [3.05, 3.63) is 28.8 Å². The molecular formula is C12H9BrF3NO2S. The van der Waals surface area contributed by atoms with E-state index in [2.05, 4.69) is 15.9 Å². The molecule has 0 bridgehead atoms. The lowest BCUT2D eigenvalue weighted by Crippen LogP contribution is -2.11. The monoisotopic (exact) mass is 367 g/mol. The fourth-order valence-electron chi connectivity index (χ4n) is 1.46. The number of thioether (sulfide) groups is 1. The zero-order valence-electron chi connectivity index (χ0n) is 10.3. The van der Waals surface area contributed by atoms with E-state index in [0.29, 0.717) is 5.56 Å². The minimum absolute atomic E-state index is 0.0139. The summed E-state index contributed by atoms with van der Waals surface area (Å²) in [4.78, 5) is 11.4. The van der Waals surface area contributed by atoms with Gasteiger partial charge in [-0.25, -0.2) is 4.79 Å². The largest absolute Gasteiger partial charge is 0.462 e. The van der Waals surface area contributed by atoms with Crippen molar-refractivity contribution in [2.75, 3.05) is 6.61 Å². The number of alkyl halides is 4. The van der Waals surface area contributed by atoms with Crippen LogP contribution in [-0.4, -0.2) is 18.1 Å². The van der Waals surface area contributed by atoms with E-state index in [4.69, 9.17) is 10.00 Å². The minimum atomic E-state index is -4.56. The van der Waals surface area contributed by atoms with E-state index < -0.39 is 23.2 Å². The van der Waals surface area contributed by atoms with Crippen LogP contribution >= 0.6 is 27.7 Å². The summed E-state index contributed by atoms with van der Waals surface area (Å²) in [7, 11) is 0. The van der Waals surface area contributed by atoms with Gasteiger partial charge in [-0.05, 0) is 36.4 Å². The average molecular weight is 368 g/mol. The zero-order valence-corrected chi connectivity index (χ0v) is 12.7. The molecule has 0 aliphatic carbocycles. The summed E-state index contributed by atoms with van der Waals surface area (Å²) in [5.41, 5.74) is -4.56. The van der Waals surface area contributed by atoms with Gasteiger partial charge < -0.3 is 4.74 Å².